The zero-order chi connectivity index (χ0) is 18.0. The van der Waals surface area contributed by atoms with Gasteiger partial charge in [-0.2, -0.15) is 0 Å². The Hall–Kier alpha value is -2.30. The van der Waals surface area contributed by atoms with E-state index in [0.29, 0.717) is 28.1 Å². The molecule has 0 aromatic carbocycles. The maximum absolute atomic E-state index is 12.3. The zero-order valence-electron chi connectivity index (χ0n) is 13.4. The van der Waals surface area contributed by atoms with Crippen molar-refractivity contribution in [3.63, 3.8) is 0 Å². The highest BCUT2D eigenvalue weighted by Crippen LogP contribution is 2.27. The van der Waals surface area contributed by atoms with Crippen LogP contribution < -0.4 is 10.9 Å². The predicted molar refractivity (Wildman–Crippen MR) is 88.3 cm³/mol. The van der Waals surface area contributed by atoms with E-state index in [4.69, 9.17) is 10.2 Å². The van der Waals surface area contributed by atoms with Crippen molar-refractivity contribution in [2.24, 2.45) is 0 Å². The van der Waals surface area contributed by atoms with Gasteiger partial charge in [-0.1, -0.05) is 0 Å². The SMILES string of the molecule is Cc1c(C(=O)NC(CO)C(=O)O)sc2nc(CN(C)C)[nH]c(=O)c12. The van der Waals surface area contributed by atoms with Gasteiger partial charge in [0.2, 0.25) is 0 Å². The second-order valence-corrected chi connectivity index (χ2v) is 6.53. The molecule has 2 aromatic rings. The fourth-order valence-corrected chi connectivity index (χ4v) is 3.29. The van der Waals surface area contributed by atoms with Crippen LogP contribution in [0.25, 0.3) is 10.2 Å². The lowest BCUT2D eigenvalue weighted by molar-refractivity contribution is -0.140. The standard InChI is InChI=1S/C14H18N4O5S/c1-6-9-11(20)16-8(4-18(2)3)17-13(9)24-10(6)12(21)15-7(5-19)14(22)23/h7,19H,4-5H2,1-3H3,(H,15,21)(H,22,23)(H,16,17,20). The van der Waals surface area contributed by atoms with E-state index in [0.717, 1.165) is 11.3 Å². The molecule has 0 aliphatic rings. The van der Waals surface area contributed by atoms with Crippen molar-refractivity contribution >= 4 is 33.4 Å². The van der Waals surface area contributed by atoms with Gasteiger partial charge in [-0.05, 0) is 26.6 Å². The van der Waals surface area contributed by atoms with Gasteiger partial charge in [-0.3, -0.25) is 9.59 Å². The molecule has 0 fully saturated rings. The number of aromatic nitrogens is 2. The van der Waals surface area contributed by atoms with E-state index in [1.165, 1.54) is 0 Å². The van der Waals surface area contributed by atoms with Gasteiger partial charge in [0.15, 0.2) is 6.04 Å². The molecule has 0 bridgehead atoms. The Morgan fingerprint density at radius 1 is 1.42 bits per heavy atom. The van der Waals surface area contributed by atoms with Crippen LogP contribution in [0, 0.1) is 6.92 Å². The van der Waals surface area contributed by atoms with Gasteiger partial charge in [0.25, 0.3) is 11.5 Å². The molecule has 0 aliphatic heterocycles. The van der Waals surface area contributed by atoms with Crippen molar-refractivity contribution in [1.29, 1.82) is 0 Å². The molecule has 24 heavy (non-hydrogen) atoms. The number of nitrogens with zero attached hydrogens (tertiary/aromatic N) is 2. The molecular formula is C14H18N4O5S. The van der Waals surface area contributed by atoms with Crippen LogP contribution in [0.3, 0.4) is 0 Å². The topological polar surface area (TPSA) is 136 Å². The molecule has 2 aromatic heterocycles. The van der Waals surface area contributed by atoms with E-state index in [2.05, 4.69) is 15.3 Å². The van der Waals surface area contributed by atoms with Crippen molar-refractivity contribution in [1.82, 2.24) is 20.2 Å². The van der Waals surface area contributed by atoms with Crippen molar-refractivity contribution in [3.05, 3.63) is 26.6 Å². The van der Waals surface area contributed by atoms with Crippen molar-refractivity contribution in [2.75, 3.05) is 20.7 Å². The predicted octanol–water partition coefficient (Wildman–Crippen LogP) is -0.470. The maximum atomic E-state index is 12.3. The number of carbonyl (C=O) groups excluding carboxylic acids is 1. The molecule has 0 aliphatic carbocycles. The number of H-pyrrole nitrogens is 1. The van der Waals surface area contributed by atoms with Gasteiger partial charge < -0.3 is 25.4 Å². The lowest BCUT2D eigenvalue weighted by Crippen LogP contribution is -2.43. The quantitative estimate of drug-likeness (QED) is 0.550. The first-order valence-electron chi connectivity index (χ1n) is 7.06. The highest BCUT2D eigenvalue weighted by atomic mass is 32.1. The number of aryl methyl sites for hydroxylation is 1. The van der Waals surface area contributed by atoms with Gasteiger partial charge >= 0.3 is 5.97 Å². The molecule has 0 saturated carbocycles. The molecule has 0 spiro atoms. The number of carboxylic acids is 1. The van der Waals surface area contributed by atoms with Crippen LogP contribution in [0.15, 0.2) is 4.79 Å². The minimum absolute atomic E-state index is 0.199. The zero-order valence-corrected chi connectivity index (χ0v) is 14.2. The third-order valence-corrected chi connectivity index (χ3v) is 4.49. The second kappa shape index (κ2) is 7.07. The van der Waals surface area contributed by atoms with E-state index in [-0.39, 0.29) is 10.4 Å². The number of aromatic amines is 1. The number of carboxylic acid groups (broad SMARTS) is 1. The molecule has 9 nitrogen and oxygen atoms in total. The number of rotatable bonds is 6. The highest BCUT2D eigenvalue weighted by Gasteiger charge is 2.24. The van der Waals surface area contributed by atoms with Crippen molar-refractivity contribution in [2.45, 2.75) is 19.5 Å². The summed E-state index contributed by atoms with van der Waals surface area (Å²) in [6.07, 6.45) is 0. The summed E-state index contributed by atoms with van der Waals surface area (Å²) in [5.41, 5.74) is 0.0846. The van der Waals surface area contributed by atoms with Crippen molar-refractivity contribution < 1.29 is 19.8 Å². The number of aliphatic carboxylic acids is 1. The van der Waals surface area contributed by atoms with Crippen LogP contribution in [0.4, 0.5) is 0 Å². The summed E-state index contributed by atoms with van der Waals surface area (Å²) in [6.45, 7) is 1.32. The van der Waals surface area contributed by atoms with Crippen molar-refractivity contribution in [3.8, 4) is 0 Å². The van der Waals surface area contributed by atoms with E-state index < -0.39 is 24.5 Å². The van der Waals surface area contributed by atoms with Crippen LogP contribution in [0.2, 0.25) is 0 Å². The van der Waals surface area contributed by atoms with Crippen LogP contribution in [-0.2, 0) is 11.3 Å². The molecule has 2 rings (SSSR count). The third-order valence-electron chi connectivity index (χ3n) is 3.31. The number of aliphatic hydroxyl groups is 1. The summed E-state index contributed by atoms with van der Waals surface area (Å²) < 4.78 is 0. The fourth-order valence-electron chi connectivity index (χ4n) is 2.19. The van der Waals surface area contributed by atoms with Crippen LogP contribution in [0.1, 0.15) is 21.1 Å². The highest BCUT2D eigenvalue weighted by molar-refractivity contribution is 7.20. The molecule has 0 saturated heterocycles. The molecule has 0 radical (unpaired) electrons. The first-order valence-corrected chi connectivity index (χ1v) is 7.87. The minimum atomic E-state index is -1.40. The molecule has 10 heteroatoms. The number of thiophene rings is 1. The van der Waals surface area contributed by atoms with E-state index in [1.54, 1.807) is 6.92 Å². The van der Waals surface area contributed by atoms with Gasteiger partial charge in [-0.15, -0.1) is 11.3 Å². The largest absolute Gasteiger partial charge is 0.480 e. The number of fused-ring (bicyclic) bond motifs is 1. The second-order valence-electron chi connectivity index (χ2n) is 5.53. The number of hydrogen-bond acceptors (Lipinski definition) is 7. The maximum Gasteiger partial charge on any atom is 0.328 e. The van der Waals surface area contributed by atoms with Gasteiger partial charge in [0.1, 0.15) is 10.7 Å². The smallest absolute Gasteiger partial charge is 0.328 e. The average molecular weight is 354 g/mol. The fraction of sp³-hybridized carbons (Fsp3) is 0.429. The lowest BCUT2D eigenvalue weighted by Gasteiger charge is -2.10. The van der Waals surface area contributed by atoms with E-state index in [1.807, 2.05) is 19.0 Å². The lowest BCUT2D eigenvalue weighted by atomic mass is 10.2. The number of nitrogens with one attached hydrogen (secondary N) is 2. The first-order chi connectivity index (χ1) is 11.2. The summed E-state index contributed by atoms with van der Waals surface area (Å²) in [6, 6.07) is -1.40. The van der Waals surface area contributed by atoms with Crippen LogP contribution >= 0.6 is 11.3 Å². The van der Waals surface area contributed by atoms with Crippen LogP contribution in [-0.4, -0.2) is 63.7 Å². The number of carbonyl (C=O) groups is 2. The minimum Gasteiger partial charge on any atom is -0.480 e. The van der Waals surface area contributed by atoms with Crippen LogP contribution in [0.5, 0.6) is 0 Å². The molecule has 2 heterocycles. The normalized spacial score (nSPS) is 12.5. The summed E-state index contributed by atoms with van der Waals surface area (Å²) in [5, 5.41) is 20.4. The van der Waals surface area contributed by atoms with Gasteiger partial charge in [0.05, 0.1) is 23.4 Å². The van der Waals surface area contributed by atoms with E-state index in [9.17, 15) is 14.4 Å². The van der Waals surface area contributed by atoms with Gasteiger partial charge in [-0.25, -0.2) is 9.78 Å². The monoisotopic (exact) mass is 354 g/mol. The first kappa shape index (κ1) is 18.0. The summed E-state index contributed by atoms with van der Waals surface area (Å²) in [5.74, 6) is -1.52. The summed E-state index contributed by atoms with van der Waals surface area (Å²) in [4.78, 5) is 44.9. The molecule has 1 atom stereocenters. The average Bonchev–Trinajstić information content (AvgIpc) is 2.80. The third kappa shape index (κ3) is 3.61. The Labute approximate surface area is 140 Å². The summed E-state index contributed by atoms with van der Waals surface area (Å²) in [7, 11) is 3.67. The molecule has 1 unspecified atom stereocenters. The Balaban J connectivity index is 2.43. The Kier molecular flexibility index (Phi) is 5.32. The molecule has 1 amide bonds. The Morgan fingerprint density at radius 3 is 2.62 bits per heavy atom. The number of amides is 1. The molecular weight excluding hydrogens is 336 g/mol. The summed E-state index contributed by atoms with van der Waals surface area (Å²) >= 11 is 1.02. The number of aliphatic hydroxyl groups excluding tert-OH is 1. The van der Waals surface area contributed by atoms with E-state index >= 15 is 0 Å². The Bertz CT molecular complexity index is 842. The number of hydrogen-bond donors (Lipinski definition) is 4. The Morgan fingerprint density at radius 2 is 2.08 bits per heavy atom. The molecule has 4 N–H and O–H groups in total. The van der Waals surface area contributed by atoms with Gasteiger partial charge in [0, 0.05) is 0 Å². The molecule has 130 valence electrons.